The van der Waals surface area contributed by atoms with E-state index < -0.39 is 16.6 Å². The van der Waals surface area contributed by atoms with E-state index in [2.05, 4.69) is 5.10 Å². The lowest BCUT2D eigenvalue weighted by Crippen LogP contribution is -2.47. The molecule has 1 fully saturated rings. The van der Waals surface area contributed by atoms with E-state index in [1.54, 1.807) is 11.1 Å². The molecule has 1 unspecified atom stereocenters. The first kappa shape index (κ1) is 16.3. The zero-order chi connectivity index (χ0) is 16.8. The quantitative estimate of drug-likeness (QED) is 0.783. The summed E-state index contributed by atoms with van der Waals surface area (Å²) in [5.41, 5.74) is 1.29. The minimum Gasteiger partial charge on any atom is -0.444 e. The second kappa shape index (κ2) is 5.81. The summed E-state index contributed by atoms with van der Waals surface area (Å²) in [5, 5.41) is 4.42. The van der Waals surface area contributed by atoms with Crippen molar-refractivity contribution in [3.8, 4) is 0 Å². The zero-order valence-electron chi connectivity index (χ0n) is 14.1. The van der Waals surface area contributed by atoms with E-state index >= 15 is 0 Å². The van der Waals surface area contributed by atoms with Crippen molar-refractivity contribution in [3.63, 3.8) is 0 Å². The molecule has 8 heteroatoms. The van der Waals surface area contributed by atoms with Gasteiger partial charge in [0.05, 0.1) is 36.7 Å². The number of amides is 1. The average Bonchev–Trinajstić information content (AvgIpc) is 3.01. The van der Waals surface area contributed by atoms with E-state index in [1.807, 2.05) is 36.7 Å². The molecule has 128 valence electrons. The molecule has 7 nitrogen and oxygen atoms in total. The third-order valence-corrected chi connectivity index (χ3v) is 5.55. The van der Waals surface area contributed by atoms with Gasteiger partial charge in [-0.15, -0.1) is 0 Å². The highest BCUT2D eigenvalue weighted by Gasteiger charge is 2.34. The highest BCUT2D eigenvalue weighted by molar-refractivity contribution is 7.86. The van der Waals surface area contributed by atoms with Crippen molar-refractivity contribution in [1.29, 1.82) is 0 Å². The van der Waals surface area contributed by atoms with E-state index in [-0.39, 0.29) is 12.1 Å². The van der Waals surface area contributed by atoms with Gasteiger partial charge in [-0.3, -0.25) is 13.9 Å². The summed E-state index contributed by atoms with van der Waals surface area (Å²) in [5.74, 6) is 0.691. The summed E-state index contributed by atoms with van der Waals surface area (Å²) >= 11 is 0. The topological polar surface area (TPSA) is 67.7 Å². The normalized spacial score (nSPS) is 24.7. The first-order valence-electron chi connectivity index (χ1n) is 7.96. The third-order valence-electron chi connectivity index (χ3n) is 4.04. The van der Waals surface area contributed by atoms with Crippen molar-refractivity contribution >= 4 is 22.8 Å². The molecular formula is C15H24N4O3S. The smallest absolute Gasteiger partial charge is 0.410 e. The number of ether oxygens (including phenoxy) is 1. The van der Waals surface area contributed by atoms with Crippen molar-refractivity contribution < 1.29 is 13.7 Å². The lowest BCUT2D eigenvalue weighted by Gasteiger charge is -2.36. The fourth-order valence-electron chi connectivity index (χ4n) is 2.93. The Morgan fingerprint density at radius 3 is 2.78 bits per heavy atom. The van der Waals surface area contributed by atoms with Crippen LogP contribution in [0.4, 0.5) is 10.5 Å². The Kier molecular flexibility index (Phi) is 4.12. The number of nitrogens with zero attached hydrogens (tertiary/aromatic N) is 4. The van der Waals surface area contributed by atoms with Gasteiger partial charge in [-0.05, 0) is 34.1 Å². The molecule has 0 aliphatic carbocycles. The van der Waals surface area contributed by atoms with Gasteiger partial charge in [0.15, 0.2) is 0 Å². The molecule has 0 N–H and O–H groups in total. The number of carbonyl (C=O) groups excluding carboxylic acids is 1. The van der Waals surface area contributed by atoms with Crippen molar-refractivity contribution in [2.45, 2.75) is 58.8 Å². The Morgan fingerprint density at radius 2 is 2.17 bits per heavy atom. The molecular weight excluding hydrogens is 316 g/mol. The maximum atomic E-state index is 12.5. The molecule has 0 saturated carbocycles. The van der Waals surface area contributed by atoms with Gasteiger partial charge in [0, 0.05) is 12.3 Å². The average molecular weight is 340 g/mol. The van der Waals surface area contributed by atoms with Crippen LogP contribution in [0, 0.1) is 0 Å². The van der Waals surface area contributed by atoms with Crippen LogP contribution in [0.3, 0.4) is 0 Å². The summed E-state index contributed by atoms with van der Waals surface area (Å²) in [4.78, 5) is 14.2. The minimum absolute atomic E-state index is 0.00850. The van der Waals surface area contributed by atoms with Gasteiger partial charge < -0.3 is 4.74 Å². The summed E-state index contributed by atoms with van der Waals surface area (Å²) < 4.78 is 21.4. The highest BCUT2D eigenvalue weighted by Crippen LogP contribution is 2.30. The van der Waals surface area contributed by atoms with Gasteiger partial charge in [0.2, 0.25) is 0 Å². The van der Waals surface area contributed by atoms with E-state index in [1.165, 1.54) is 0 Å². The summed E-state index contributed by atoms with van der Waals surface area (Å²) in [6, 6.07) is 0.00850. The Bertz CT molecular complexity index is 637. The van der Waals surface area contributed by atoms with E-state index in [4.69, 9.17) is 4.74 Å². The van der Waals surface area contributed by atoms with Crippen molar-refractivity contribution in [2.24, 2.45) is 0 Å². The lowest BCUT2D eigenvalue weighted by molar-refractivity contribution is 0.00914. The van der Waals surface area contributed by atoms with Crippen LogP contribution in [-0.4, -0.2) is 48.9 Å². The summed E-state index contributed by atoms with van der Waals surface area (Å²) in [7, 11) is -0.989. The van der Waals surface area contributed by atoms with Gasteiger partial charge in [0.25, 0.3) is 0 Å². The van der Waals surface area contributed by atoms with Gasteiger partial charge in [-0.1, -0.05) is 0 Å². The predicted molar refractivity (Wildman–Crippen MR) is 88.4 cm³/mol. The zero-order valence-corrected chi connectivity index (χ0v) is 14.9. The molecule has 0 aromatic carbocycles. The van der Waals surface area contributed by atoms with E-state index in [0.717, 1.165) is 24.3 Å². The highest BCUT2D eigenvalue weighted by atomic mass is 32.2. The Labute approximate surface area is 139 Å². The maximum absolute atomic E-state index is 12.5. The Hall–Kier alpha value is -1.57. The molecule has 2 aliphatic rings. The standard InChI is InChI=1S/C15H24N4O3S/c1-11-9-18-13(10-17(11)14(20)22-15(2,3)4)12(8-16-18)19-6-5-7-23(19)21/h8,11H,5-7,9-10H2,1-4H3/t11-,23?/m0/s1. The van der Waals surface area contributed by atoms with E-state index in [9.17, 15) is 9.00 Å². The molecule has 2 aliphatic heterocycles. The molecule has 0 bridgehead atoms. The monoisotopic (exact) mass is 340 g/mol. The third kappa shape index (κ3) is 3.22. The van der Waals surface area contributed by atoms with Crippen LogP contribution in [0.1, 0.15) is 39.8 Å². The molecule has 0 radical (unpaired) electrons. The van der Waals surface area contributed by atoms with Gasteiger partial charge in [-0.2, -0.15) is 5.10 Å². The van der Waals surface area contributed by atoms with Crippen LogP contribution in [-0.2, 0) is 28.8 Å². The van der Waals surface area contributed by atoms with Crippen LogP contribution in [0.15, 0.2) is 6.20 Å². The maximum Gasteiger partial charge on any atom is 0.410 e. The molecule has 3 heterocycles. The van der Waals surface area contributed by atoms with Gasteiger partial charge >= 0.3 is 6.09 Å². The van der Waals surface area contributed by atoms with Crippen LogP contribution >= 0.6 is 0 Å². The predicted octanol–water partition coefficient (Wildman–Crippen LogP) is 1.90. The largest absolute Gasteiger partial charge is 0.444 e. The Balaban J connectivity index is 1.84. The fourth-order valence-corrected chi connectivity index (χ4v) is 4.24. The second-order valence-corrected chi connectivity index (χ2v) is 8.59. The molecule has 1 saturated heterocycles. The second-order valence-electron chi connectivity index (χ2n) is 7.10. The number of aromatic nitrogens is 2. The molecule has 1 amide bonds. The molecule has 2 atom stereocenters. The minimum atomic E-state index is -0.989. The van der Waals surface area contributed by atoms with Crippen molar-refractivity contribution in [2.75, 3.05) is 16.6 Å². The number of hydrogen-bond acceptors (Lipinski definition) is 4. The number of fused-ring (bicyclic) bond motifs is 1. The van der Waals surface area contributed by atoms with Gasteiger partial charge in [0.1, 0.15) is 16.6 Å². The molecule has 0 spiro atoms. The van der Waals surface area contributed by atoms with Crippen LogP contribution < -0.4 is 4.31 Å². The molecule has 23 heavy (non-hydrogen) atoms. The SMILES string of the molecule is C[C@H]1Cn2ncc(N3CCCS3=O)c2CN1C(=O)OC(C)(C)C. The van der Waals surface area contributed by atoms with Crippen LogP contribution in [0.5, 0.6) is 0 Å². The number of anilines is 1. The number of rotatable bonds is 1. The van der Waals surface area contributed by atoms with Crippen molar-refractivity contribution in [3.05, 3.63) is 11.9 Å². The molecule has 3 rings (SSSR count). The molecule has 1 aromatic rings. The number of hydrogen-bond donors (Lipinski definition) is 0. The van der Waals surface area contributed by atoms with Crippen LogP contribution in [0.25, 0.3) is 0 Å². The lowest BCUT2D eigenvalue weighted by atomic mass is 10.2. The number of carbonyl (C=O) groups is 1. The molecule has 1 aromatic heterocycles. The van der Waals surface area contributed by atoms with E-state index in [0.29, 0.717) is 18.8 Å². The summed E-state index contributed by atoms with van der Waals surface area (Å²) in [6.45, 7) is 9.40. The van der Waals surface area contributed by atoms with Crippen LogP contribution in [0.2, 0.25) is 0 Å². The fraction of sp³-hybridized carbons (Fsp3) is 0.733. The summed E-state index contributed by atoms with van der Waals surface area (Å²) in [6.07, 6.45) is 2.37. The van der Waals surface area contributed by atoms with Gasteiger partial charge in [-0.25, -0.2) is 9.00 Å². The first-order valence-corrected chi connectivity index (χ1v) is 9.24. The first-order chi connectivity index (χ1) is 10.8. The van der Waals surface area contributed by atoms with Crippen molar-refractivity contribution in [1.82, 2.24) is 14.7 Å². The Morgan fingerprint density at radius 1 is 1.43 bits per heavy atom.